The number of halogens is 2. The van der Waals surface area contributed by atoms with Crippen LogP contribution in [0.2, 0.25) is 10.0 Å². The maximum absolute atomic E-state index is 13.0. The summed E-state index contributed by atoms with van der Waals surface area (Å²) < 4.78 is 31.6. The Hall–Kier alpha value is -2.00. The minimum Gasteiger partial charge on any atom is -0.378 e. The first-order chi connectivity index (χ1) is 14.7. The molecule has 0 aromatic heterocycles. The summed E-state index contributed by atoms with van der Waals surface area (Å²) in [5.41, 5.74) is 1.91. The molecule has 1 aliphatic rings. The summed E-state index contributed by atoms with van der Waals surface area (Å²) in [5, 5.41) is 3.34. The van der Waals surface area contributed by atoms with E-state index in [1.54, 1.807) is 19.1 Å². The Kier molecular flexibility index (Phi) is 7.69. The minimum atomic E-state index is -3.77. The van der Waals surface area contributed by atoms with Crippen molar-refractivity contribution in [3.63, 3.8) is 0 Å². The number of hydrogen-bond donors (Lipinski definition) is 1. The molecule has 0 saturated carbocycles. The number of ether oxygens (including phenoxy) is 1. The third-order valence-corrected chi connectivity index (χ3v) is 6.92. The van der Waals surface area contributed by atoms with Crippen LogP contribution in [0.4, 0.5) is 17.1 Å². The van der Waals surface area contributed by atoms with Gasteiger partial charge in [-0.2, -0.15) is 0 Å². The zero-order valence-electron chi connectivity index (χ0n) is 17.3. The van der Waals surface area contributed by atoms with Gasteiger partial charge >= 0.3 is 0 Å². The number of amides is 1. The Labute approximate surface area is 192 Å². The number of hydrogen-bond acceptors (Lipinski definition) is 5. The summed E-state index contributed by atoms with van der Waals surface area (Å²) in [6.07, 6.45) is 1.33. The van der Waals surface area contributed by atoms with Gasteiger partial charge in [0.05, 0.1) is 35.2 Å². The molecular weight excluding hydrogens is 461 g/mol. The number of sulfonamides is 1. The Morgan fingerprint density at radius 1 is 1.13 bits per heavy atom. The molecule has 7 nitrogen and oxygen atoms in total. The van der Waals surface area contributed by atoms with Crippen LogP contribution in [0, 0.1) is 0 Å². The summed E-state index contributed by atoms with van der Waals surface area (Å²) in [7, 11) is -3.77. The second-order valence-corrected chi connectivity index (χ2v) is 9.89. The minimum absolute atomic E-state index is 0.210. The largest absolute Gasteiger partial charge is 0.378 e. The molecule has 0 bridgehead atoms. The molecule has 1 fully saturated rings. The quantitative estimate of drug-likeness (QED) is 0.640. The van der Waals surface area contributed by atoms with Gasteiger partial charge in [0.15, 0.2) is 0 Å². The van der Waals surface area contributed by atoms with Crippen molar-refractivity contribution < 1.29 is 17.9 Å². The molecule has 31 heavy (non-hydrogen) atoms. The van der Waals surface area contributed by atoms with Gasteiger partial charge in [-0.15, -0.1) is 0 Å². The number of carbonyl (C=O) groups is 1. The van der Waals surface area contributed by atoms with Crippen LogP contribution in [-0.4, -0.2) is 52.9 Å². The van der Waals surface area contributed by atoms with Crippen molar-refractivity contribution in [3.05, 3.63) is 52.5 Å². The molecule has 1 heterocycles. The van der Waals surface area contributed by atoms with Gasteiger partial charge in [0.25, 0.3) is 0 Å². The molecule has 1 atom stereocenters. The fourth-order valence-corrected chi connectivity index (χ4v) is 4.98. The molecule has 1 amide bonds. The number of anilines is 3. The highest BCUT2D eigenvalue weighted by molar-refractivity contribution is 7.92. The maximum atomic E-state index is 13.0. The predicted octanol–water partition coefficient (Wildman–Crippen LogP) is 4.01. The second-order valence-electron chi connectivity index (χ2n) is 7.22. The summed E-state index contributed by atoms with van der Waals surface area (Å²) in [5.74, 6) is -0.432. The Morgan fingerprint density at radius 3 is 2.32 bits per heavy atom. The number of rotatable bonds is 7. The van der Waals surface area contributed by atoms with E-state index in [4.69, 9.17) is 27.9 Å². The van der Waals surface area contributed by atoms with Crippen molar-refractivity contribution in [2.24, 2.45) is 0 Å². The summed E-state index contributed by atoms with van der Waals surface area (Å²) >= 11 is 12.0. The molecular formula is C21H25Cl2N3O4S. The van der Waals surface area contributed by atoms with Crippen molar-refractivity contribution in [2.75, 3.05) is 47.1 Å². The van der Waals surface area contributed by atoms with Gasteiger partial charge in [-0.25, -0.2) is 8.42 Å². The standard InChI is InChI=1S/C21H25Cl2N3O4S/c1-3-20(26(31(2,28)29)17-8-9-18(22)19(23)14-17)21(27)24-15-4-6-16(7-5-15)25-10-12-30-13-11-25/h4-9,14,20H,3,10-13H2,1-2H3,(H,24,27)/t20-/m1/s1. The lowest BCUT2D eigenvalue weighted by Crippen LogP contribution is -2.47. The van der Waals surface area contributed by atoms with E-state index in [0.717, 1.165) is 29.3 Å². The zero-order chi connectivity index (χ0) is 22.6. The van der Waals surface area contributed by atoms with E-state index in [-0.39, 0.29) is 17.1 Å². The molecule has 1 N–H and O–H groups in total. The first kappa shape index (κ1) is 23.7. The second kappa shape index (κ2) is 10.1. The van der Waals surface area contributed by atoms with Gasteiger partial charge in [0.2, 0.25) is 15.9 Å². The number of morpholine rings is 1. The zero-order valence-corrected chi connectivity index (χ0v) is 19.7. The Morgan fingerprint density at radius 2 is 1.77 bits per heavy atom. The van der Waals surface area contributed by atoms with Gasteiger partial charge in [-0.05, 0) is 48.9 Å². The first-order valence-corrected chi connectivity index (χ1v) is 12.5. The number of benzene rings is 2. The molecule has 2 aromatic carbocycles. The SMILES string of the molecule is CC[C@H](C(=O)Nc1ccc(N2CCOCC2)cc1)N(c1ccc(Cl)c(Cl)c1)S(C)(=O)=O. The van der Waals surface area contributed by atoms with Gasteiger partial charge < -0.3 is 15.0 Å². The topological polar surface area (TPSA) is 79.0 Å². The van der Waals surface area contributed by atoms with E-state index in [1.165, 1.54) is 18.2 Å². The smallest absolute Gasteiger partial charge is 0.248 e. The van der Waals surface area contributed by atoms with Crippen molar-refractivity contribution in [3.8, 4) is 0 Å². The molecule has 10 heteroatoms. The molecule has 0 aliphatic carbocycles. The first-order valence-electron chi connectivity index (χ1n) is 9.88. The average Bonchev–Trinajstić information content (AvgIpc) is 2.74. The van der Waals surface area contributed by atoms with Crippen LogP contribution < -0.4 is 14.5 Å². The van der Waals surface area contributed by atoms with E-state index >= 15 is 0 Å². The molecule has 0 spiro atoms. The Balaban J connectivity index is 1.80. The maximum Gasteiger partial charge on any atom is 0.248 e. The fraction of sp³-hybridized carbons (Fsp3) is 0.381. The van der Waals surface area contributed by atoms with Gasteiger partial charge in [0, 0.05) is 24.5 Å². The van der Waals surface area contributed by atoms with Crippen LogP contribution in [-0.2, 0) is 19.6 Å². The normalized spacial score (nSPS) is 15.4. The van der Waals surface area contributed by atoms with Crippen LogP contribution in [0.3, 0.4) is 0 Å². The number of nitrogens with zero attached hydrogens (tertiary/aromatic N) is 2. The monoisotopic (exact) mass is 485 g/mol. The summed E-state index contributed by atoms with van der Waals surface area (Å²) in [4.78, 5) is 15.2. The fourth-order valence-electron chi connectivity index (χ4n) is 3.49. The van der Waals surface area contributed by atoms with E-state index in [9.17, 15) is 13.2 Å². The molecule has 1 aliphatic heterocycles. The van der Waals surface area contributed by atoms with Crippen LogP contribution in [0.5, 0.6) is 0 Å². The molecule has 168 valence electrons. The highest BCUT2D eigenvalue weighted by Crippen LogP contribution is 2.30. The van der Waals surface area contributed by atoms with Gasteiger partial charge in [-0.1, -0.05) is 30.1 Å². The number of carbonyl (C=O) groups excluding carboxylic acids is 1. The molecule has 1 saturated heterocycles. The van der Waals surface area contributed by atoms with Crippen molar-refractivity contribution in [2.45, 2.75) is 19.4 Å². The van der Waals surface area contributed by atoms with E-state index in [2.05, 4.69) is 10.2 Å². The lowest BCUT2D eigenvalue weighted by Gasteiger charge is -2.30. The van der Waals surface area contributed by atoms with Crippen molar-refractivity contribution in [1.82, 2.24) is 0 Å². The van der Waals surface area contributed by atoms with Crippen LogP contribution in [0.25, 0.3) is 0 Å². The molecule has 0 unspecified atom stereocenters. The number of nitrogens with one attached hydrogen (secondary N) is 1. The van der Waals surface area contributed by atoms with Gasteiger partial charge in [-0.3, -0.25) is 9.10 Å². The molecule has 0 radical (unpaired) electrons. The van der Waals surface area contributed by atoms with E-state index < -0.39 is 22.0 Å². The Bertz CT molecular complexity index is 1030. The molecule has 2 aromatic rings. The van der Waals surface area contributed by atoms with Crippen LogP contribution in [0.15, 0.2) is 42.5 Å². The summed E-state index contributed by atoms with van der Waals surface area (Å²) in [6.45, 7) is 4.76. The third kappa shape index (κ3) is 5.83. The van der Waals surface area contributed by atoms with Gasteiger partial charge in [0.1, 0.15) is 6.04 Å². The lowest BCUT2D eigenvalue weighted by molar-refractivity contribution is -0.117. The highest BCUT2D eigenvalue weighted by Gasteiger charge is 2.32. The van der Waals surface area contributed by atoms with E-state index in [0.29, 0.717) is 23.9 Å². The average molecular weight is 486 g/mol. The van der Waals surface area contributed by atoms with Crippen LogP contribution >= 0.6 is 23.2 Å². The lowest BCUT2D eigenvalue weighted by atomic mass is 10.1. The third-order valence-electron chi connectivity index (χ3n) is 5.00. The van der Waals surface area contributed by atoms with E-state index in [1.807, 2.05) is 12.1 Å². The van der Waals surface area contributed by atoms with Crippen LogP contribution in [0.1, 0.15) is 13.3 Å². The molecule has 3 rings (SSSR count). The predicted molar refractivity (Wildman–Crippen MR) is 126 cm³/mol. The summed E-state index contributed by atoms with van der Waals surface area (Å²) in [6, 6.07) is 11.0. The van der Waals surface area contributed by atoms with Crippen molar-refractivity contribution >= 4 is 56.2 Å². The highest BCUT2D eigenvalue weighted by atomic mass is 35.5. The van der Waals surface area contributed by atoms with Crippen molar-refractivity contribution in [1.29, 1.82) is 0 Å².